The number of benzene rings is 1. The molecule has 0 saturated carbocycles. The highest BCUT2D eigenvalue weighted by atomic mass is 79.9. The van der Waals surface area contributed by atoms with E-state index < -0.39 is 0 Å². The van der Waals surface area contributed by atoms with Crippen LogP contribution in [0.4, 0.5) is 4.39 Å². The minimum Gasteiger partial charge on any atom is -0.380 e. The molecular weight excluding hydrogens is 261 g/mol. The molecule has 0 saturated heterocycles. The van der Waals surface area contributed by atoms with Crippen LogP contribution in [0.3, 0.4) is 0 Å². The van der Waals surface area contributed by atoms with E-state index in [1.165, 1.54) is 6.07 Å². The second-order valence-corrected chi connectivity index (χ2v) is 4.28. The summed E-state index contributed by atoms with van der Waals surface area (Å²) in [4.78, 5) is 0. The molecule has 15 heavy (non-hydrogen) atoms. The third-order valence-electron chi connectivity index (χ3n) is 2.15. The molecule has 1 N–H and O–H groups in total. The fourth-order valence-corrected chi connectivity index (χ4v) is 1.58. The van der Waals surface area contributed by atoms with Gasteiger partial charge in [0.15, 0.2) is 0 Å². The van der Waals surface area contributed by atoms with Gasteiger partial charge in [0.2, 0.25) is 0 Å². The summed E-state index contributed by atoms with van der Waals surface area (Å²) >= 11 is 3.15. The Bertz CT molecular complexity index is 319. The quantitative estimate of drug-likeness (QED) is 0.892. The molecule has 0 aliphatic rings. The zero-order valence-corrected chi connectivity index (χ0v) is 10.5. The lowest BCUT2D eigenvalue weighted by Crippen LogP contribution is -2.25. The van der Waals surface area contributed by atoms with Crippen LogP contribution in [0.5, 0.6) is 0 Å². The van der Waals surface area contributed by atoms with Gasteiger partial charge in [-0.2, -0.15) is 0 Å². The smallest absolute Gasteiger partial charge is 0.137 e. The minimum absolute atomic E-state index is 0.189. The Labute approximate surface area is 98.0 Å². The Hall–Kier alpha value is -0.450. The van der Waals surface area contributed by atoms with E-state index in [0.717, 1.165) is 12.1 Å². The Kier molecular flexibility index (Phi) is 5.22. The van der Waals surface area contributed by atoms with Crippen LogP contribution in [-0.4, -0.2) is 19.8 Å². The van der Waals surface area contributed by atoms with Gasteiger partial charge in [-0.25, -0.2) is 4.39 Å². The zero-order valence-electron chi connectivity index (χ0n) is 8.89. The van der Waals surface area contributed by atoms with Gasteiger partial charge in [-0.15, -0.1) is 0 Å². The molecule has 0 heterocycles. The molecule has 0 bridgehead atoms. The molecule has 0 aliphatic carbocycles. The number of hydrogen-bond acceptors (Lipinski definition) is 2. The SMILES string of the molecule is COC(C)CNCc1ccc(F)c(Br)c1. The molecule has 0 amide bonds. The van der Waals surface area contributed by atoms with Crippen molar-refractivity contribution in [2.75, 3.05) is 13.7 Å². The van der Waals surface area contributed by atoms with Crippen LogP contribution in [0, 0.1) is 5.82 Å². The van der Waals surface area contributed by atoms with E-state index in [2.05, 4.69) is 21.2 Å². The molecular formula is C11H15BrFNO. The van der Waals surface area contributed by atoms with Crippen molar-refractivity contribution in [3.8, 4) is 0 Å². The van der Waals surface area contributed by atoms with Gasteiger partial charge >= 0.3 is 0 Å². The second-order valence-electron chi connectivity index (χ2n) is 3.43. The molecule has 0 fully saturated rings. The summed E-state index contributed by atoms with van der Waals surface area (Å²) in [5, 5.41) is 3.23. The Morgan fingerprint density at radius 1 is 1.53 bits per heavy atom. The van der Waals surface area contributed by atoms with Gasteiger partial charge in [-0.05, 0) is 40.5 Å². The molecule has 1 rings (SSSR count). The molecule has 0 spiro atoms. The number of rotatable bonds is 5. The van der Waals surface area contributed by atoms with Crippen molar-refractivity contribution in [3.63, 3.8) is 0 Å². The summed E-state index contributed by atoms with van der Waals surface area (Å²) in [5.74, 6) is -0.232. The van der Waals surface area contributed by atoms with Crippen molar-refractivity contribution in [2.24, 2.45) is 0 Å². The fraction of sp³-hybridized carbons (Fsp3) is 0.455. The Balaban J connectivity index is 2.41. The monoisotopic (exact) mass is 275 g/mol. The minimum atomic E-state index is -0.232. The van der Waals surface area contributed by atoms with E-state index in [1.54, 1.807) is 19.2 Å². The van der Waals surface area contributed by atoms with Crippen LogP contribution in [0.15, 0.2) is 22.7 Å². The van der Waals surface area contributed by atoms with Gasteiger partial charge in [0.05, 0.1) is 10.6 Å². The number of methoxy groups -OCH3 is 1. The van der Waals surface area contributed by atoms with Crippen molar-refractivity contribution in [1.82, 2.24) is 5.32 Å². The summed E-state index contributed by atoms with van der Waals surface area (Å²) in [5.41, 5.74) is 1.05. The Morgan fingerprint density at radius 3 is 2.87 bits per heavy atom. The normalized spacial score (nSPS) is 12.8. The van der Waals surface area contributed by atoms with Crippen LogP contribution in [0.25, 0.3) is 0 Å². The van der Waals surface area contributed by atoms with E-state index in [9.17, 15) is 4.39 Å². The van der Waals surface area contributed by atoms with Gasteiger partial charge in [0.1, 0.15) is 5.82 Å². The maximum atomic E-state index is 12.9. The van der Waals surface area contributed by atoms with Gasteiger partial charge < -0.3 is 10.1 Å². The third-order valence-corrected chi connectivity index (χ3v) is 2.76. The maximum absolute atomic E-state index is 12.9. The average Bonchev–Trinajstić information content (AvgIpc) is 2.23. The first-order valence-corrected chi connectivity index (χ1v) is 5.60. The lowest BCUT2D eigenvalue weighted by atomic mass is 10.2. The molecule has 0 aromatic heterocycles. The molecule has 0 aliphatic heterocycles. The molecule has 84 valence electrons. The summed E-state index contributed by atoms with van der Waals surface area (Å²) < 4.78 is 18.5. The zero-order chi connectivity index (χ0) is 11.3. The van der Waals surface area contributed by atoms with E-state index in [1.807, 2.05) is 6.92 Å². The highest BCUT2D eigenvalue weighted by Gasteiger charge is 2.01. The number of hydrogen-bond donors (Lipinski definition) is 1. The maximum Gasteiger partial charge on any atom is 0.137 e. The molecule has 4 heteroatoms. The lowest BCUT2D eigenvalue weighted by Gasteiger charge is -2.10. The van der Waals surface area contributed by atoms with E-state index in [-0.39, 0.29) is 11.9 Å². The standard InChI is InChI=1S/C11H15BrFNO/c1-8(15-2)6-14-7-9-3-4-11(13)10(12)5-9/h3-5,8,14H,6-7H2,1-2H3. The van der Waals surface area contributed by atoms with Crippen LogP contribution < -0.4 is 5.32 Å². The van der Waals surface area contributed by atoms with Crippen LogP contribution >= 0.6 is 15.9 Å². The first kappa shape index (κ1) is 12.6. The van der Waals surface area contributed by atoms with Crippen LogP contribution in [-0.2, 0) is 11.3 Å². The molecule has 1 aromatic rings. The largest absolute Gasteiger partial charge is 0.380 e. The summed E-state index contributed by atoms with van der Waals surface area (Å²) in [6.45, 7) is 3.49. The number of halogens is 2. The Morgan fingerprint density at radius 2 is 2.27 bits per heavy atom. The van der Waals surface area contributed by atoms with Crippen LogP contribution in [0.2, 0.25) is 0 Å². The van der Waals surface area contributed by atoms with Crippen molar-refractivity contribution in [1.29, 1.82) is 0 Å². The van der Waals surface area contributed by atoms with Crippen molar-refractivity contribution in [3.05, 3.63) is 34.1 Å². The molecule has 1 aromatic carbocycles. The number of nitrogens with one attached hydrogen (secondary N) is 1. The first-order chi connectivity index (χ1) is 7.13. The predicted octanol–water partition coefficient (Wildman–Crippen LogP) is 2.71. The first-order valence-electron chi connectivity index (χ1n) is 4.81. The molecule has 1 atom stereocenters. The predicted molar refractivity (Wildman–Crippen MR) is 62.3 cm³/mol. The van der Waals surface area contributed by atoms with E-state index in [4.69, 9.17) is 4.74 Å². The summed E-state index contributed by atoms with van der Waals surface area (Å²) in [7, 11) is 1.68. The van der Waals surface area contributed by atoms with E-state index in [0.29, 0.717) is 11.0 Å². The van der Waals surface area contributed by atoms with E-state index >= 15 is 0 Å². The topological polar surface area (TPSA) is 21.3 Å². The van der Waals surface area contributed by atoms with Crippen molar-refractivity contribution in [2.45, 2.75) is 19.6 Å². The highest BCUT2D eigenvalue weighted by molar-refractivity contribution is 9.10. The fourth-order valence-electron chi connectivity index (χ4n) is 1.15. The van der Waals surface area contributed by atoms with Gasteiger partial charge in [-0.1, -0.05) is 6.07 Å². The number of ether oxygens (including phenoxy) is 1. The third kappa shape index (κ3) is 4.28. The lowest BCUT2D eigenvalue weighted by molar-refractivity contribution is 0.117. The summed E-state index contributed by atoms with van der Waals surface area (Å²) in [6, 6.07) is 5.01. The molecule has 2 nitrogen and oxygen atoms in total. The average molecular weight is 276 g/mol. The van der Waals surface area contributed by atoms with Crippen molar-refractivity contribution >= 4 is 15.9 Å². The highest BCUT2D eigenvalue weighted by Crippen LogP contribution is 2.16. The van der Waals surface area contributed by atoms with Crippen molar-refractivity contribution < 1.29 is 9.13 Å². The van der Waals surface area contributed by atoms with Gasteiger partial charge in [0, 0.05) is 20.2 Å². The van der Waals surface area contributed by atoms with Gasteiger partial charge in [-0.3, -0.25) is 0 Å². The van der Waals surface area contributed by atoms with Crippen LogP contribution in [0.1, 0.15) is 12.5 Å². The second kappa shape index (κ2) is 6.20. The summed E-state index contributed by atoms with van der Waals surface area (Å²) in [6.07, 6.45) is 0.189. The molecule has 1 unspecified atom stereocenters. The van der Waals surface area contributed by atoms with Gasteiger partial charge in [0.25, 0.3) is 0 Å². The molecule has 0 radical (unpaired) electrons.